The highest BCUT2D eigenvalue weighted by molar-refractivity contribution is 6.01. The van der Waals surface area contributed by atoms with E-state index in [0.29, 0.717) is 52.9 Å². The molecule has 31 nitrogen and oxygen atoms in total. The molecule has 602 valence electrons. The Bertz CT molecular complexity index is 3960. The zero-order valence-corrected chi connectivity index (χ0v) is 64.1. The first-order valence-electron chi connectivity index (χ1n) is 36.7. The molecule has 4 aromatic carbocycles. The van der Waals surface area contributed by atoms with E-state index in [9.17, 15) is 53.1 Å². The summed E-state index contributed by atoms with van der Waals surface area (Å²) < 4.78 is 75.1. The molecule has 0 radical (unpaired) electrons. The van der Waals surface area contributed by atoms with E-state index < -0.39 is 173 Å². The van der Waals surface area contributed by atoms with E-state index in [4.69, 9.17) is 67.3 Å². The largest absolute Gasteiger partial charge is 0.509 e. The van der Waals surface area contributed by atoms with E-state index in [1.54, 1.807) is 102 Å². The van der Waals surface area contributed by atoms with Crippen LogP contribution in [0.4, 0.5) is 10.5 Å². The number of anilines is 1. The molecule has 31 heteroatoms. The number of Topliss-reactive ketones (excluding diaryl/α,β-unsaturated/α-hetero) is 2. The smallest absolute Gasteiger partial charge is 0.455 e. The Balaban J connectivity index is 0.959. The van der Waals surface area contributed by atoms with Crippen LogP contribution in [0.3, 0.4) is 0 Å². The van der Waals surface area contributed by atoms with Gasteiger partial charge in [0.25, 0.3) is 5.91 Å². The minimum absolute atomic E-state index is 0.0195. The molecule has 5 amide bonds. The van der Waals surface area contributed by atoms with E-state index >= 15 is 9.59 Å². The number of carbonyl (C=O) groups is 12. The van der Waals surface area contributed by atoms with E-state index in [1.807, 2.05) is 0 Å². The molecule has 0 spiro atoms. The van der Waals surface area contributed by atoms with Crippen molar-refractivity contribution in [2.24, 2.45) is 34.3 Å². The Morgan fingerprint density at radius 2 is 1.23 bits per heavy atom. The van der Waals surface area contributed by atoms with E-state index in [0.717, 1.165) is 6.92 Å². The number of primary amides is 1. The number of fused-ring (bicyclic) bond motifs is 5. The molecule has 4 aliphatic rings. The Kier molecular flexibility index (Phi) is 31.1. The lowest BCUT2D eigenvalue weighted by molar-refractivity contribution is -0.340. The molecule has 1 aliphatic heterocycles. The fraction of sp³-hybridized carbons (Fsp3) is 0.525. The van der Waals surface area contributed by atoms with Crippen molar-refractivity contribution in [3.8, 4) is 0 Å². The normalized spacial score (nSPS) is 23.5. The summed E-state index contributed by atoms with van der Waals surface area (Å²) in [6.45, 7) is 15.5. The van der Waals surface area contributed by atoms with Crippen molar-refractivity contribution in [2.45, 2.75) is 154 Å². The third-order valence-corrected chi connectivity index (χ3v) is 20.7. The van der Waals surface area contributed by atoms with E-state index in [1.165, 1.54) is 76.2 Å². The highest BCUT2D eigenvalue weighted by atomic mass is 16.7. The van der Waals surface area contributed by atoms with Gasteiger partial charge < -0.3 is 93.7 Å². The number of hydrogen-bond acceptors (Lipinski definition) is 26. The lowest BCUT2D eigenvalue weighted by Crippen LogP contribution is -2.80. The topological polar surface area (TPSA) is 419 Å². The van der Waals surface area contributed by atoms with Crippen LogP contribution in [-0.2, 0) is 111 Å². The molecule has 2 bridgehead atoms. The molecule has 2 saturated carbocycles. The minimum atomic E-state index is -2.47. The summed E-state index contributed by atoms with van der Waals surface area (Å²) in [6.07, 6.45) is -11.2. The molecule has 7 N–H and O–H groups in total. The summed E-state index contributed by atoms with van der Waals surface area (Å²) >= 11 is 0. The lowest BCUT2D eigenvalue weighted by atomic mass is 9.43. The van der Waals surface area contributed by atoms with Crippen LogP contribution in [-0.4, -0.2) is 216 Å². The molecule has 1 heterocycles. The van der Waals surface area contributed by atoms with Crippen LogP contribution in [0.25, 0.3) is 0 Å². The second kappa shape index (κ2) is 39.9. The zero-order valence-electron chi connectivity index (χ0n) is 64.1. The van der Waals surface area contributed by atoms with Crippen LogP contribution in [0.15, 0.2) is 126 Å². The molecule has 4 aromatic rings. The first-order chi connectivity index (χ1) is 52.9. The molecule has 3 fully saturated rings. The summed E-state index contributed by atoms with van der Waals surface area (Å²) in [6, 6.07) is 25.0. The maximum atomic E-state index is 16.1. The number of aliphatic hydroxyl groups is 1. The van der Waals surface area contributed by atoms with Crippen molar-refractivity contribution in [3.63, 3.8) is 0 Å². The van der Waals surface area contributed by atoms with Gasteiger partial charge in [0.05, 0.1) is 90.6 Å². The highest BCUT2D eigenvalue weighted by Crippen LogP contribution is 2.66. The number of rotatable bonds is 40. The minimum Gasteiger partial charge on any atom is -0.455 e. The molecule has 3 unspecified atom stereocenters. The lowest BCUT2D eigenvalue weighted by Gasteiger charge is -2.68. The van der Waals surface area contributed by atoms with Crippen molar-refractivity contribution >= 4 is 76.8 Å². The Hall–Kier alpha value is -9.86. The number of benzene rings is 4. The van der Waals surface area contributed by atoms with Gasteiger partial charge in [-0.15, -0.1) is 0 Å². The van der Waals surface area contributed by atoms with Gasteiger partial charge in [-0.25, -0.2) is 14.4 Å². The number of ether oxygens (including phenoxy) is 13. The summed E-state index contributed by atoms with van der Waals surface area (Å²) in [5.41, 5.74) is -1.33. The van der Waals surface area contributed by atoms with Crippen LogP contribution in [0, 0.1) is 28.6 Å². The predicted octanol–water partition coefficient (Wildman–Crippen LogP) is 5.50. The molecular formula is C80H101N5O26. The van der Waals surface area contributed by atoms with Gasteiger partial charge in [0, 0.05) is 61.8 Å². The van der Waals surface area contributed by atoms with Crippen molar-refractivity contribution in [2.75, 3.05) is 91.7 Å². The van der Waals surface area contributed by atoms with E-state index in [2.05, 4.69) is 21.3 Å². The average Bonchev–Trinajstić information content (AvgIpc) is 0.668. The summed E-state index contributed by atoms with van der Waals surface area (Å²) in [4.78, 5) is 167. The number of esters is 4. The molecule has 14 atom stereocenters. The molecule has 3 aliphatic carbocycles. The standard InChI is InChI=1S/C80H101N5O26/c1-47(40-58(88)45-104-39-38-103-37-36-102-35-34-101-33-32-100-31-30-99-10)70(91)82-50(4)71(92)84-59(42-62(81)89)73(94)83-57-28-26-53(27-29-57)44-105-76(97)109-66(64(54-20-14-11-15-21-54)85-72(93)55-22-16-12-17-23-55)75(96)108-60-43-80(98)69(110-74(95)56-24-18-13-19-25-56)67-78(9,48(2)41-61-79(67,46-106-61)111-52(6)87)68(90)65(107-51(5)86)63(49(60)3)77(80,7)8/h11-29,47-48,50,59-61,64-67,69,98H,30-46H2,1-10H3,(H2,81,89)(H,82,91)(H,83,94)(H,84,92)(H,85,93)/t47-,48-,50+,59+,60?,61?,64-,65+,66?,67-,69-,78+,79-,80+/m0/s1. The van der Waals surface area contributed by atoms with Gasteiger partial charge >= 0.3 is 30.0 Å². The van der Waals surface area contributed by atoms with Gasteiger partial charge in [0.15, 0.2) is 23.3 Å². The second-order valence-corrected chi connectivity index (χ2v) is 28.7. The van der Waals surface area contributed by atoms with Crippen LogP contribution in [0.1, 0.15) is 126 Å². The zero-order chi connectivity index (χ0) is 80.8. The summed E-state index contributed by atoms with van der Waals surface area (Å²) in [5, 5.41) is 24.6. The summed E-state index contributed by atoms with van der Waals surface area (Å²) in [5.74, 6) is -12.2. The maximum Gasteiger partial charge on any atom is 0.509 e. The third-order valence-electron chi connectivity index (χ3n) is 20.7. The monoisotopic (exact) mass is 1550 g/mol. The van der Waals surface area contributed by atoms with E-state index in [-0.39, 0.29) is 84.1 Å². The highest BCUT2D eigenvalue weighted by Gasteiger charge is 2.78. The van der Waals surface area contributed by atoms with Crippen LogP contribution >= 0.6 is 0 Å². The molecule has 1 saturated heterocycles. The fourth-order valence-electron chi connectivity index (χ4n) is 14.6. The molecule has 0 aromatic heterocycles. The third kappa shape index (κ3) is 21.8. The number of amides is 5. The van der Waals surface area contributed by atoms with Gasteiger partial charge in [-0.1, -0.05) is 113 Å². The maximum absolute atomic E-state index is 16.1. The van der Waals surface area contributed by atoms with Crippen molar-refractivity contribution < 1.29 is 124 Å². The van der Waals surface area contributed by atoms with Gasteiger partial charge in [-0.05, 0) is 84.9 Å². The molecule has 8 rings (SSSR count). The van der Waals surface area contributed by atoms with Crippen LogP contribution in [0.5, 0.6) is 0 Å². The van der Waals surface area contributed by atoms with Gasteiger partial charge in [0.2, 0.25) is 29.7 Å². The van der Waals surface area contributed by atoms with Crippen molar-refractivity contribution in [3.05, 3.63) is 149 Å². The first kappa shape index (κ1) is 86.7. The number of ketones is 2. The number of methoxy groups -OCH3 is 1. The Labute approximate surface area is 643 Å². The Morgan fingerprint density at radius 3 is 1.77 bits per heavy atom. The van der Waals surface area contributed by atoms with Crippen LogP contribution in [0.2, 0.25) is 0 Å². The average molecular weight is 1550 g/mol. The fourth-order valence-corrected chi connectivity index (χ4v) is 14.6. The van der Waals surface area contributed by atoms with Gasteiger partial charge in [-0.3, -0.25) is 43.2 Å². The molecular weight excluding hydrogens is 1450 g/mol. The molecule has 111 heavy (non-hydrogen) atoms. The first-order valence-corrected chi connectivity index (χ1v) is 36.7. The number of nitrogens with two attached hydrogens (primary N) is 1. The van der Waals surface area contributed by atoms with Gasteiger partial charge in [-0.2, -0.15) is 0 Å². The summed E-state index contributed by atoms with van der Waals surface area (Å²) in [7, 11) is 1.60. The van der Waals surface area contributed by atoms with Crippen molar-refractivity contribution in [1.82, 2.24) is 16.0 Å². The SMILES string of the molecule is COCCOCCOCCOCCOCCOCC(=O)C[C@H](C)C(=O)N[C@H](C)C(=O)N[C@H](CC(N)=O)C(=O)Nc1ccc(COC(=O)OC(C(=O)OC2C[C@@]3(O)[C@@H](OC(=O)c4ccccc4)[C@H]4[C@](C)(C(=O)[C@H](OC(C)=O)C(=C2C)C3(C)C)[C@@H](C)CC2OC[C@]24OC(C)=O)[C@@H](NC(=O)c2ccccc2)c2ccccc2)cc1. The second-order valence-electron chi connectivity index (χ2n) is 28.7. The predicted molar refractivity (Wildman–Crippen MR) is 393 cm³/mol. The Morgan fingerprint density at radius 1 is 0.658 bits per heavy atom. The van der Waals surface area contributed by atoms with Crippen molar-refractivity contribution in [1.29, 1.82) is 0 Å². The van der Waals surface area contributed by atoms with Crippen LogP contribution < -0.4 is 27.0 Å². The number of nitrogens with one attached hydrogen (secondary N) is 4. The van der Waals surface area contributed by atoms with Gasteiger partial charge in [0.1, 0.15) is 55.3 Å². The number of hydrogen-bond donors (Lipinski definition) is 6. The number of carbonyl (C=O) groups excluding carboxylic acids is 12. The quantitative estimate of drug-likeness (QED) is 0.0138.